The fraction of sp³-hybridized carbons (Fsp3) is 0.250. The maximum atomic E-state index is 12.0. The zero-order valence-electron chi connectivity index (χ0n) is 14.1. The Bertz CT molecular complexity index is 807. The van der Waals surface area contributed by atoms with Crippen LogP contribution in [0.1, 0.15) is 0 Å². The molecule has 25 heavy (non-hydrogen) atoms. The Morgan fingerprint density at radius 2 is 2.08 bits per heavy atom. The normalized spacial score (nSPS) is 10.8. The predicted molar refractivity (Wildman–Crippen MR) is 94.8 cm³/mol. The molecular formula is C16H20N8O. The molecule has 2 N–H and O–H groups in total. The minimum atomic E-state index is -0.369. The molecule has 0 radical (unpaired) electrons. The minimum Gasteiger partial charge on any atom is -0.308 e. The van der Waals surface area contributed by atoms with Crippen LogP contribution in [-0.2, 0) is 6.54 Å². The predicted octanol–water partition coefficient (Wildman–Crippen LogP) is 1.67. The van der Waals surface area contributed by atoms with E-state index in [2.05, 4.69) is 30.7 Å². The molecule has 0 aliphatic heterocycles. The molecule has 0 saturated heterocycles. The van der Waals surface area contributed by atoms with Crippen LogP contribution in [0.2, 0.25) is 0 Å². The number of rotatable bonds is 6. The molecular weight excluding hydrogens is 320 g/mol. The monoisotopic (exact) mass is 340 g/mol. The number of anilines is 2. The van der Waals surface area contributed by atoms with Crippen molar-refractivity contribution in [1.29, 1.82) is 0 Å². The number of carbonyl (C=O) groups excluding carboxylic acids is 1. The summed E-state index contributed by atoms with van der Waals surface area (Å²) in [5.41, 5.74) is 0.584. The van der Waals surface area contributed by atoms with Crippen molar-refractivity contribution in [2.45, 2.75) is 6.54 Å². The molecule has 9 heteroatoms. The highest BCUT2D eigenvalue weighted by atomic mass is 16.2. The fourth-order valence-electron chi connectivity index (χ4n) is 2.13. The molecule has 3 heterocycles. The van der Waals surface area contributed by atoms with Gasteiger partial charge in [0.1, 0.15) is 0 Å². The van der Waals surface area contributed by atoms with Gasteiger partial charge in [-0.2, -0.15) is 10.2 Å². The van der Waals surface area contributed by atoms with E-state index in [-0.39, 0.29) is 6.03 Å². The van der Waals surface area contributed by atoms with Gasteiger partial charge in [-0.3, -0.25) is 10.00 Å². The number of nitrogens with one attached hydrogen (secondary N) is 2. The highest BCUT2D eigenvalue weighted by Gasteiger charge is 2.06. The van der Waals surface area contributed by atoms with Crippen molar-refractivity contribution in [2.75, 3.05) is 31.3 Å². The molecule has 0 aromatic carbocycles. The van der Waals surface area contributed by atoms with Crippen LogP contribution in [0.5, 0.6) is 0 Å². The number of carbonyl (C=O) groups is 1. The van der Waals surface area contributed by atoms with Gasteiger partial charge in [-0.1, -0.05) is 0 Å². The van der Waals surface area contributed by atoms with Crippen molar-refractivity contribution in [2.24, 2.45) is 0 Å². The first-order valence-electron chi connectivity index (χ1n) is 7.82. The topological polar surface area (TPSA) is 92.9 Å². The van der Waals surface area contributed by atoms with Gasteiger partial charge in [0.2, 0.25) is 0 Å². The van der Waals surface area contributed by atoms with Gasteiger partial charge in [0.15, 0.2) is 11.6 Å². The summed E-state index contributed by atoms with van der Waals surface area (Å²) in [5, 5.41) is 13.8. The number of aromatic nitrogens is 5. The third kappa shape index (κ3) is 4.64. The van der Waals surface area contributed by atoms with Gasteiger partial charge in [-0.05, 0) is 32.3 Å². The molecule has 0 atom stereocenters. The largest absolute Gasteiger partial charge is 0.324 e. The smallest absolute Gasteiger partial charge is 0.308 e. The number of urea groups is 1. The van der Waals surface area contributed by atoms with E-state index in [9.17, 15) is 4.79 Å². The number of hydrogen-bond donors (Lipinski definition) is 2. The second kappa shape index (κ2) is 7.58. The van der Waals surface area contributed by atoms with Crippen LogP contribution in [-0.4, -0.2) is 56.1 Å². The SMILES string of the molecule is CN(C)CCn1ccc(NC(=O)Nc2ccc(-n3cccn3)nc2)n1. The zero-order valence-corrected chi connectivity index (χ0v) is 14.1. The Morgan fingerprint density at radius 3 is 2.76 bits per heavy atom. The molecule has 0 unspecified atom stereocenters. The summed E-state index contributed by atoms with van der Waals surface area (Å²) in [6.45, 7) is 1.64. The average molecular weight is 340 g/mol. The highest BCUT2D eigenvalue weighted by Crippen LogP contribution is 2.10. The second-order valence-electron chi connectivity index (χ2n) is 5.70. The van der Waals surface area contributed by atoms with E-state index in [1.807, 2.05) is 26.4 Å². The van der Waals surface area contributed by atoms with E-state index >= 15 is 0 Å². The van der Waals surface area contributed by atoms with Crippen molar-refractivity contribution < 1.29 is 4.79 Å². The van der Waals surface area contributed by atoms with Crippen LogP contribution in [0.3, 0.4) is 0 Å². The van der Waals surface area contributed by atoms with Crippen LogP contribution in [0.15, 0.2) is 49.1 Å². The quantitative estimate of drug-likeness (QED) is 0.712. The van der Waals surface area contributed by atoms with Crippen LogP contribution >= 0.6 is 0 Å². The lowest BCUT2D eigenvalue weighted by atomic mass is 10.4. The third-order valence-electron chi connectivity index (χ3n) is 3.40. The summed E-state index contributed by atoms with van der Waals surface area (Å²) in [4.78, 5) is 18.4. The third-order valence-corrected chi connectivity index (χ3v) is 3.40. The Morgan fingerprint density at radius 1 is 1.20 bits per heavy atom. The van der Waals surface area contributed by atoms with Gasteiger partial charge < -0.3 is 10.2 Å². The summed E-state index contributed by atoms with van der Waals surface area (Å²) in [6, 6.07) is 6.75. The average Bonchev–Trinajstić information content (AvgIpc) is 3.25. The lowest BCUT2D eigenvalue weighted by Gasteiger charge is -2.09. The van der Waals surface area contributed by atoms with Gasteiger partial charge in [-0.15, -0.1) is 0 Å². The number of amides is 2. The summed E-state index contributed by atoms with van der Waals surface area (Å²) in [6.07, 6.45) is 6.89. The van der Waals surface area contributed by atoms with Crippen molar-refractivity contribution in [1.82, 2.24) is 29.4 Å². The van der Waals surface area contributed by atoms with Crippen LogP contribution in [0, 0.1) is 0 Å². The highest BCUT2D eigenvalue weighted by molar-refractivity contribution is 5.98. The number of hydrogen-bond acceptors (Lipinski definition) is 5. The molecule has 3 aromatic heterocycles. The molecule has 130 valence electrons. The molecule has 0 bridgehead atoms. The lowest BCUT2D eigenvalue weighted by Crippen LogP contribution is -2.21. The first-order valence-corrected chi connectivity index (χ1v) is 7.82. The van der Waals surface area contributed by atoms with E-state index < -0.39 is 0 Å². The van der Waals surface area contributed by atoms with Crippen LogP contribution in [0.25, 0.3) is 5.82 Å². The molecule has 3 rings (SSSR count). The number of pyridine rings is 1. The van der Waals surface area contributed by atoms with Crippen LogP contribution < -0.4 is 10.6 Å². The van der Waals surface area contributed by atoms with Gasteiger partial charge in [0, 0.05) is 31.2 Å². The standard InChI is InChI=1S/C16H20N8O/c1-22(2)10-11-23-9-6-14(21-23)20-16(25)19-13-4-5-15(17-12-13)24-8-3-7-18-24/h3-9,12H,10-11H2,1-2H3,(H2,19,20,21,25). The Kier molecular flexibility index (Phi) is 5.05. The summed E-state index contributed by atoms with van der Waals surface area (Å²) in [7, 11) is 4.00. The van der Waals surface area contributed by atoms with E-state index in [1.54, 1.807) is 46.2 Å². The van der Waals surface area contributed by atoms with Gasteiger partial charge in [0.05, 0.1) is 18.4 Å². The molecule has 0 saturated carbocycles. The Labute approximate surface area is 145 Å². The zero-order chi connectivity index (χ0) is 17.6. The lowest BCUT2D eigenvalue weighted by molar-refractivity contribution is 0.262. The van der Waals surface area contributed by atoms with Crippen molar-refractivity contribution in [3.8, 4) is 5.82 Å². The molecule has 0 spiro atoms. The minimum absolute atomic E-state index is 0.369. The molecule has 9 nitrogen and oxygen atoms in total. The summed E-state index contributed by atoms with van der Waals surface area (Å²) < 4.78 is 3.43. The van der Waals surface area contributed by atoms with Crippen molar-refractivity contribution >= 4 is 17.5 Å². The molecule has 2 amide bonds. The first-order chi connectivity index (χ1) is 12.1. The van der Waals surface area contributed by atoms with Crippen molar-refractivity contribution in [3.05, 3.63) is 49.1 Å². The maximum Gasteiger partial charge on any atom is 0.324 e. The van der Waals surface area contributed by atoms with Crippen molar-refractivity contribution in [3.63, 3.8) is 0 Å². The van der Waals surface area contributed by atoms with E-state index in [0.29, 0.717) is 17.3 Å². The van der Waals surface area contributed by atoms with Gasteiger partial charge in [-0.25, -0.2) is 14.5 Å². The molecule has 0 aliphatic rings. The fourth-order valence-corrected chi connectivity index (χ4v) is 2.13. The first kappa shape index (κ1) is 16.7. The summed E-state index contributed by atoms with van der Waals surface area (Å²) >= 11 is 0. The van der Waals surface area contributed by atoms with E-state index in [0.717, 1.165) is 13.1 Å². The Hall–Kier alpha value is -3.20. The second-order valence-corrected chi connectivity index (χ2v) is 5.70. The van der Waals surface area contributed by atoms with E-state index in [4.69, 9.17) is 0 Å². The van der Waals surface area contributed by atoms with Gasteiger partial charge >= 0.3 is 6.03 Å². The molecule has 0 fully saturated rings. The van der Waals surface area contributed by atoms with E-state index in [1.165, 1.54) is 0 Å². The number of likely N-dealkylation sites (N-methyl/N-ethyl adjacent to an activating group) is 1. The summed E-state index contributed by atoms with van der Waals surface area (Å²) in [5.74, 6) is 1.17. The maximum absolute atomic E-state index is 12.0. The molecule has 3 aromatic rings. The van der Waals surface area contributed by atoms with Gasteiger partial charge in [0.25, 0.3) is 0 Å². The van der Waals surface area contributed by atoms with Crippen LogP contribution in [0.4, 0.5) is 16.3 Å². The molecule has 0 aliphatic carbocycles. The Balaban J connectivity index is 1.54. The number of nitrogens with zero attached hydrogens (tertiary/aromatic N) is 6.